The van der Waals surface area contributed by atoms with Gasteiger partial charge in [-0.1, -0.05) is 0 Å². The Balaban J connectivity index is 2.35. The molecule has 0 N–H and O–H groups in total. The molecular formula is C6H11F2N. The first-order valence-corrected chi connectivity index (χ1v) is 3.16. The minimum Gasteiger partial charge on any atom is -0.306 e. The third kappa shape index (κ3) is 1.90. The first-order chi connectivity index (χ1) is 4.10. The molecule has 9 heavy (non-hydrogen) atoms. The van der Waals surface area contributed by atoms with Crippen LogP contribution in [0.4, 0.5) is 8.78 Å². The lowest BCUT2D eigenvalue weighted by molar-refractivity contribution is -0.0504. The molecule has 1 aliphatic heterocycles. The van der Waals surface area contributed by atoms with Crippen LogP contribution in [0.15, 0.2) is 0 Å². The molecular weight excluding hydrogens is 124 g/mol. The Hall–Kier alpha value is -0.180. The third-order valence-corrected chi connectivity index (χ3v) is 1.72. The van der Waals surface area contributed by atoms with Crippen LogP contribution in [0.3, 0.4) is 0 Å². The SMILES string of the molecule is CN1CCC(F)(F)CC1. The van der Waals surface area contributed by atoms with Gasteiger partial charge < -0.3 is 4.90 Å². The van der Waals surface area contributed by atoms with Crippen LogP contribution in [-0.2, 0) is 0 Å². The summed E-state index contributed by atoms with van der Waals surface area (Å²) in [5, 5.41) is 0. The molecule has 1 fully saturated rings. The highest BCUT2D eigenvalue weighted by atomic mass is 19.3. The average Bonchev–Trinajstić information content (AvgIpc) is 1.78. The molecule has 0 aliphatic carbocycles. The van der Waals surface area contributed by atoms with Gasteiger partial charge in [0.1, 0.15) is 0 Å². The second-order valence-electron chi connectivity index (χ2n) is 2.66. The molecule has 0 aromatic heterocycles. The van der Waals surface area contributed by atoms with E-state index in [-0.39, 0.29) is 12.8 Å². The fourth-order valence-corrected chi connectivity index (χ4v) is 0.946. The summed E-state index contributed by atoms with van der Waals surface area (Å²) >= 11 is 0. The van der Waals surface area contributed by atoms with E-state index >= 15 is 0 Å². The Bertz CT molecular complexity index is 93.2. The third-order valence-electron chi connectivity index (χ3n) is 1.72. The molecule has 0 bridgehead atoms. The summed E-state index contributed by atoms with van der Waals surface area (Å²) in [5.74, 6) is -2.38. The van der Waals surface area contributed by atoms with Gasteiger partial charge in [0, 0.05) is 25.9 Å². The Morgan fingerprint density at radius 3 is 2.00 bits per heavy atom. The fraction of sp³-hybridized carbons (Fsp3) is 1.00. The van der Waals surface area contributed by atoms with Gasteiger partial charge in [-0.15, -0.1) is 0 Å². The highest BCUT2D eigenvalue weighted by Crippen LogP contribution is 2.26. The Kier molecular flexibility index (Phi) is 1.70. The van der Waals surface area contributed by atoms with Crippen molar-refractivity contribution in [2.24, 2.45) is 0 Å². The van der Waals surface area contributed by atoms with Crippen molar-refractivity contribution < 1.29 is 8.78 Å². The lowest BCUT2D eigenvalue weighted by atomic mass is 10.1. The number of piperidine rings is 1. The number of rotatable bonds is 0. The van der Waals surface area contributed by atoms with Crippen LogP contribution in [0.5, 0.6) is 0 Å². The molecule has 0 aromatic rings. The summed E-state index contributed by atoms with van der Waals surface area (Å²) < 4.78 is 24.7. The predicted molar refractivity (Wildman–Crippen MR) is 31.7 cm³/mol. The second kappa shape index (κ2) is 2.21. The normalized spacial score (nSPS) is 28.3. The Morgan fingerprint density at radius 2 is 1.67 bits per heavy atom. The molecule has 0 amide bonds. The van der Waals surface area contributed by atoms with Gasteiger partial charge in [0.2, 0.25) is 0 Å². The smallest absolute Gasteiger partial charge is 0.250 e. The van der Waals surface area contributed by atoms with Gasteiger partial charge in [0.05, 0.1) is 0 Å². The van der Waals surface area contributed by atoms with E-state index in [0.717, 1.165) is 0 Å². The van der Waals surface area contributed by atoms with E-state index in [1.54, 1.807) is 0 Å². The molecule has 1 rings (SSSR count). The maximum Gasteiger partial charge on any atom is 0.250 e. The van der Waals surface area contributed by atoms with E-state index in [1.165, 1.54) is 0 Å². The van der Waals surface area contributed by atoms with Gasteiger partial charge in [-0.05, 0) is 7.05 Å². The molecule has 1 heterocycles. The summed E-state index contributed by atoms with van der Waals surface area (Å²) in [6.45, 7) is 1.07. The molecule has 1 aliphatic rings. The highest BCUT2D eigenvalue weighted by molar-refractivity contribution is 4.74. The number of halogens is 2. The van der Waals surface area contributed by atoms with Gasteiger partial charge >= 0.3 is 0 Å². The minimum absolute atomic E-state index is 0.0312. The lowest BCUT2D eigenvalue weighted by Gasteiger charge is -2.28. The Morgan fingerprint density at radius 1 is 1.22 bits per heavy atom. The molecule has 1 saturated heterocycles. The largest absolute Gasteiger partial charge is 0.306 e. The molecule has 1 nitrogen and oxygen atoms in total. The molecule has 54 valence electrons. The van der Waals surface area contributed by atoms with Gasteiger partial charge in [-0.2, -0.15) is 0 Å². The van der Waals surface area contributed by atoms with Crippen molar-refractivity contribution in [3.8, 4) is 0 Å². The molecule has 0 aromatic carbocycles. The van der Waals surface area contributed by atoms with E-state index in [1.807, 2.05) is 11.9 Å². The topological polar surface area (TPSA) is 3.24 Å². The molecule has 0 radical (unpaired) electrons. The van der Waals surface area contributed by atoms with E-state index in [4.69, 9.17) is 0 Å². The zero-order chi connectivity index (χ0) is 6.91. The summed E-state index contributed by atoms with van der Waals surface area (Å²) in [7, 11) is 1.87. The van der Waals surface area contributed by atoms with Crippen molar-refractivity contribution in [3.63, 3.8) is 0 Å². The first kappa shape index (κ1) is 6.93. The van der Waals surface area contributed by atoms with Gasteiger partial charge in [0.25, 0.3) is 5.92 Å². The van der Waals surface area contributed by atoms with Crippen LogP contribution in [-0.4, -0.2) is 31.0 Å². The molecule has 0 saturated carbocycles. The molecule has 3 heteroatoms. The number of alkyl halides is 2. The van der Waals surface area contributed by atoms with Crippen molar-refractivity contribution in [3.05, 3.63) is 0 Å². The van der Waals surface area contributed by atoms with Crippen LogP contribution in [0.25, 0.3) is 0 Å². The first-order valence-electron chi connectivity index (χ1n) is 3.16. The van der Waals surface area contributed by atoms with Crippen LogP contribution in [0.1, 0.15) is 12.8 Å². The van der Waals surface area contributed by atoms with Crippen molar-refractivity contribution in [2.45, 2.75) is 18.8 Å². The summed E-state index contributed by atoms with van der Waals surface area (Å²) in [6.07, 6.45) is 0.0625. The summed E-state index contributed by atoms with van der Waals surface area (Å²) in [4.78, 5) is 1.93. The van der Waals surface area contributed by atoms with Crippen molar-refractivity contribution >= 4 is 0 Å². The molecule has 0 spiro atoms. The maximum atomic E-state index is 12.4. The van der Waals surface area contributed by atoms with E-state index in [0.29, 0.717) is 13.1 Å². The van der Waals surface area contributed by atoms with Crippen molar-refractivity contribution in [1.82, 2.24) is 4.90 Å². The number of hydrogen-bond donors (Lipinski definition) is 0. The monoisotopic (exact) mass is 135 g/mol. The quantitative estimate of drug-likeness (QED) is 0.484. The number of likely N-dealkylation sites (tertiary alicyclic amines) is 1. The number of hydrogen-bond acceptors (Lipinski definition) is 1. The zero-order valence-corrected chi connectivity index (χ0v) is 5.53. The maximum absolute atomic E-state index is 12.4. The second-order valence-corrected chi connectivity index (χ2v) is 2.66. The van der Waals surface area contributed by atoms with Crippen molar-refractivity contribution in [1.29, 1.82) is 0 Å². The standard InChI is InChI=1S/C6H11F2N/c1-9-4-2-6(7,8)3-5-9/h2-5H2,1H3. The van der Waals surface area contributed by atoms with Crippen LogP contribution in [0, 0.1) is 0 Å². The van der Waals surface area contributed by atoms with Crippen molar-refractivity contribution in [2.75, 3.05) is 20.1 Å². The van der Waals surface area contributed by atoms with Crippen LogP contribution >= 0.6 is 0 Å². The highest BCUT2D eigenvalue weighted by Gasteiger charge is 2.32. The van der Waals surface area contributed by atoms with Crippen LogP contribution < -0.4 is 0 Å². The van der Waals surface area contributed by atoms with Crippen LogP contribution in [0.2, 0.25) is 0 Å². The minimum atomic E-state index is -2.38. The van der Waals surface area contributed by atoms with Gasteiger partial charge in [0.15, 0.2) is 0 Å². The fourth-order valence-electron chi connectivity index (χ4n) is 0.946. The van der Waals surface area contributed by atoms with E-state index < -0.39 is 5.92 Å². The molecule has 0 atom stereocenters. The molecule has 0 unspecified atom stereocenters. The van der Waals surface area contributed by atoms with Gasteiger partial charge in [-0.3, -0.25) is 0 Å². The summed E-state index contributed by atoms with van der Waals surface area (Å²) in [6, 6.07) is 0. The number of nitrogens with zero attached hydrogens (tertiary/aromatic N) is 1. The van der Waals surface area contributed by atoms with Gasteiger partial charge in [-0.25, -0.2) is 8.78 Å². The predicted octanol–water partition coefficient (Wildman–Crippen LogP) is 1.35. The van der Waals surface area contributed by atoms with E-state index in [2.05, 4.69) is 0 Å². The van der Waals surface area contributed by atoms with E-state index in [9.17, 15) is 8.78 Å². The average molecular weight is 135 g/mol. The zero-order valence-electron chi connectivity index (χ0n) is 5.53. The lowest BCUT2D eigenvalue weighted by Crippen LogP contribution is -2.36. The summed E-state index contributed by atoms with van der Waals surface area (Å²) in [5.41, 5.74) is 0. The Labute approximate surface area is 53.6 Å².